The van der Waals surface area contributed by atoms with E-state index in [-0.39, 0.29) is 11.6 Å². The molecule has 0 bridgehead atoms. The first kappa shape index (κ1) is 17.0. The molecule has 1 aliphatic heterocycles. The molecule has 3 heterocycles. The van der Waals surface area contributed by atoms with Crippen molar-refractivity contribution in [3.05, 3.63) is 56.4 Å². The summed E-state index contributed by atoms with van der Waals surface area (Å²) in [6.07, 6.45) is 5.52. The molecule has 0 spiro atoms. The first-order chi connectivity index (χ1) is 13.1. The van der Waals surface area contributed by atoms with E-state index in [1.807, 2.05) is 0 Å². The lowest BCUT2D eigenvalue weighted by molar-refractivity contribution is 0.509. The highest BCUT2D eigenvalue weighted by molar-refractivity contribution is 7.18. The number of anilines is 1. The van der Waals surface area contributed by atoms with E-state index in [0.29, 0.717) is 5.92 Å². The minimum Gasteiger partial charge on any atom is -0.361 e. The van der Waals surface area contributed by atoms with Gasteiger partial charge in [0.2, 0.25) is 0 Å². The van der Waals surface area contributed by atoms with Crippen molar-refractivity contribution in [1.82, 2.24) is 9.97 Å². The van der Waals surface area contributed by atoms with Gasteiger partial charge in [-0.05, 0) is 62.1 Å². The van der Waals surface area contributed by atoms with Crippen molar-refractivity contribution in [3.63, 3.8) is 0 Å². The molecule has 0 radical (unpaired) electrons. The second-order valence-electron chi connectivity index (χ2n) is 8.08. The van der Waals surface area contributed by atoms with Crippen molar-refractivity contribution >= 4 is 27.2 Å². The lowest BCUT2D eigenvalue weighted by Gasteiger charge is -2.35. The molecule has 0 unspecified atom stereocenters. The molecule has 4 nitrogen and oxygen atoms in total. The molecule has 2 atom stereocenters. The number of nitrogens with one attached hydrogen (secondary N) is 1. The monoisotopic (exact) mass is 379 g/mol. The van der Waals surface area contributed by atoms with Crippen LogP contribution >= 0.6 is 11.3 Å². The fraction of sp³-hybridized carbons (Fsp3) is 0.455. The average Bonchev–Trinajstić information content (AvgIpc) is 3.04. The van der Waals surface area contributed by atoms with Crippen LogP contribution in [-0.4, -0.2) is 16.5 Å². The van der Waals surface area contributed by atoms with E-state index in [4.69, 9.17) is 4.98 Å². The zero-order chi connectivity index (χ0) is 18.5. The van der Waals surface area contributed by atoms with E-state index in [2.05, 4.69) is 48.0 Å². The zero-order valence-corrected chi connectivity index (χ0v) is 16.7. The molecule has 1 aliphatic carbocycles. The quantitative estimate of drug-likeness (QED) is 0.707. The lowest BCUT2D eigenvalue weighted by Crippen LogP contribution is -2.33. The van der Waals surface area contributed by atoms with E-state index in [0.717, 1.165) is 48.3 Å². The molecule has 0 saturated carbocycles. The largest absolute Gasteiger partial charge is 0.361 e. The van der Waals surface area contributed by atoms with E-state index in [1.54, 1.807) is 11.3 Å². The zero-order valence-electron chi connectivity index (χ0n) is 15.9. The molecule has 0 fully saturated rings. The van der Waals surface area contributed by atoms with Crippen LogP contribution in [-0.2, 0) is 19.3 Å². The van der Waals surface area contributed by atoms with Gasteiger partial charge in [-0.25, -0.2) is 4.98 Å². The van der Waals surface area contributed by atoms with Crippen molar-refractivity contribution in [2.75, 3.05) is 11.4 Å². The number of aromatic nitrogens is 2. The van der Waals surface area contributed by atoms with Gasteiger partial charge in [-0.1, -0.05) is 25.1 Å². The van der Waals surface area contributed by atoms with Gasteiger partial charge in [0.25, 0.3) is 5.56 Å². The van der Waals surface area contributed by atoms with Crippen molar-refractivity contribution < 1.29 is 0 Å². The summed E-state index contributed by atoms with van der Waals surface area (Å²) < 4.78 is 0. The number of nitrogens with zero attached hydrogens (tertiary/aromatic N) is 2. The maximum Gasteiger partial charge on any atom is 0.259 e. The van der Waals surface area contributed by atoms with Gasteiger partial charge in [0.1, 0.15) is 10.7 Å². The van der Waals surface area contributed by atoms with Gasteiger partial charge in [-0.2, -0.15) is 0 Å². The highest BCUT2D eigenvalue weighted by Crippen LogP contribution is 2.37. The minimum absolute atomic E-state index is 0.0409. The molecule has 27 heavy (non-hydrogen) atoms. The summed E-state index contributed by atoms with van der Waals surface area (Å²) in [6.45, 7) is 5.45. The van der Waals surface area contributed by atoms with E-state index in [1.165, 1.54) is 28.1 Å². The fourth-order valence-corrected chi connectivity index (χ4v) is 6.07. The molecule has 2 aromatic heterocycles. The molecule has 3 aromatic rings. The number of benzene rings is 1. The van der Waals surface area contributed by atoms with Crippen LogP contribution in [0.3, 0.4) is 0 Å². The van der Waals surface area contributed by atoms with Crippen LogP contribution < -0.4 is 10.5 Å². The Bertz CT molecular complexity index is 1070. The van der Waals surface area contributed by atoms with Crippen molar-refractivity contribution in [1.29, 1.82) is 0 Å². The fourth-order valence-electron chi connectivity index (χ4n) is 4.68. The van der Waals surface area contributed by atoms with Gasteiger partial charge < -0.3 is 9.88 Å². The Hall–Kier alpha value is -2.14. The summed E-state index contributed by atoms with van der Waals surface area (Å²) in [4.78, 5) is 25.7. The third-order valence-electron chi connectivity index (χ3n) is 6.19. The van der Waals surface area contributed by atoms with Gasteiger partial charge in [-0.3, -0.25) is 4.79 Å². The third kappa shape index (κ3) is 2.80. The first-order valence-corrected chi connectivity index (χ1v) is 10.8. The third-order valence-corrected chi connectivity index (χ3v) is 7.34. The number of aromatic amines is 1. The van der Waals surface area contributed by atoms with Crippen LogP contribution in [0.25, 0.3) is 10.2 Å². The number of hydrogen-bond donors (Lipinski definition) is 1. The summed E-state index contributed by atoms with van der Waals surface area (Å²) in [5, 5.41) is 0.844. The number of H-pyrrole nitrogens is 1. The summed E-state index contributed by atoms with van der Waals surface area (Å²) in [5.74, 6) is 1.49. The molecule has 1 N–H and O–H groups in total. The van der Waals surface area contributed by atoms with Gasteiger partial charge in [0.15, 0.2) is 0 Å². The van der Waals surface area contributed by atoms with Crippen LogP contribution in [0.1, 0.15) is 54.6 Å². The SMILES string of the molecule is C[C@H]1CCc2c(sc3nc([C@@H](C)N4CCCc5ccccc54)[nH]c(=O)c23)C1. The lowest BCUT2D eigenvalue weighted by atomic mass is 9.89. The molecule has 1 aromatic carbocycles. The summed E-state index contributed by atoms with van der Waals surface area (Å²) in [5.41, 5.74) is 3.96. The Morgan fingerprint density at radius 2 is 2.15 bits per heavy atom. The number of fused-ring (bicyclic) bond motifs is 4. The smallest absolute Gasteiger partial charge is 0.259 e. The molecular formula is C22H25N3OS. The normalized spacial score (nSPS) is 20.4. The van der Waals surface area contributed by atoms with Crippen molar-refractivity contribution in [3.8, 4) is 0 Å². The predicted molar refractivity (Wildman–Crippen MR) is 112 cm³/mol. The molecule has 5 heteroatoms. The van der Waals surface area contributed by atoms with Crippen LogP contribution in [0.2, 0.25) is 0 Å². The van der Waals surface area contributed by atoms with Crippen LogP contribution in [0.15, 0.2) is 29.1 Å². The number of rotatable bonds is 2. The Morgan fingerprint density at radius 3 is 3.04 bits per heavy atom. The van der Waals surface area contributed by atoms with Crippen LogP contribution in [0, 0.1) is 5.92 Å². The Balaban J connectivity index is 1.57. The van der Waals surface area contributed by atoms with Gasteiger partial charge in [-0.15, -0.1) is 11.3 Å². The van der Waals surface area contributed by atoms with E-state index >= 15 is 0 Å². The van der Waals surface area contributed by atoms with Gasteiger partial charge >= 0.3 is 0 Å². The minimum atomic E-state index is 0.0409. The number of hydrogen-bond acceptors (Lipinski definition) is 4. The summed E-state index contributed by atoms with van der Waals surface area (Å²) in [7, 11) is 0. The molecule has 0 amide bonds. The second-order valence-corrected chi connectivity index (χ2v) is 9.17. The Labute approximate surface area is 163 Å². The molecule has 0 saturated heterocycles. The second kappa shape index (κ2) is 6.48. The average molecular weight is 380 g/mol. The molecule has 5 rings (SSSR count). The van der Waals surface area contributed by atoms with Gasteiger partial charge in [0, 0.05) is 17.1 Å². The molecule has 140 valence electrons. The topological polar surface area (TPSA) is 49.0 Å². The van der Waals surface area contributed by atoms with Crippen LogP contribution in [0.5, 0.6) is 0 Å². The maximum absolute atomic E-state index is 12.9. The van der Waals surface area contributed by atoms with Crippen molar-refractivity contribution in [2.24, 2.45) is 5.92 Å². The highest BCUT2D eigenvalue weighted by Gasteiger charge is 2.27. The maximum atomic E-state index is 12.9. The number of thiophene rings is 1. The highest BCUT2D eigenvalue weighted by atomic mass is 32.1. The first-order valence-electron chi connectivity index (χ1n) is 10.0. The molecule has 2 aliphatic rings. The number of para-hydroxylation sites is 1. The van der Waals surface area contributed by atoms with Crippen molar-refractivity contribution in [2.45, 2.75) is 52.0 Å². The van der Waals surface area contributed by atoms with Gasteiger partial charge in [0.05, 0.1) is 11.4 Å². The van der Waals surface area contributed by atoms with E-state index in [9.17, 15) is 4.79 Å². The van der Waals surface area contributed by atoms with E-state index < -0.39 is 0 Å². The summed E-state index contributed by atoms with van der Waals surface area (Å²) >= 11 is 1.73. The summed E-state index contributed by atoms with van der Waals surface area (Å²) in [6, 6.07) is 8.66. The molecular weight excluding hydrogens is 354 g/mol. The predicted octanol–water partition coefficient (Wildman–Crippen LogP) is 4.62. The Morgan fingerprint density at radius 1 is 1.30 bits per heavy atom. The number of aryl methyl sites for hydroxylation is 2. The standard InChI is InChI=1S/C22H25N3OS/c1-13-9-10-16-18(12-13)27-22-19(16)21(26)23-20(24-22)14(2)25-11-5-7-15-6-3-4-8-17(15)25/h3-4,6,8,13-14H,5,7,9-12H2,1-2H3,(H,23,24,26)/t13-,14+/m0/s1. The van der Waals surface area contributed by atoms with Crippen LogP contribution in [0.4, 0.5) is 5.69 Å². The Kier molecular flexibility index (Phi) is 4.08.